The fourth-order valence-corrected chi connectivity index (χ4v) is 5.15. The summed E-state index contributed by atoms with van der Waals surface area (Å²) in [7, 11) is 1.38. The largest absolute Gasteiger partial charge is 0.481 e. The SMILES string of the molecule is CC[C@@H]1CCc2c(sc(NC(=O)[C@H](C)Oc3ccc(C)cc3C)c2C(=O)OC)C1. The number of thiophene rings is 1. The van der Waals surface area contributed by atoms with Gasteiger partial charge in [0.2, 0.25) is 0 Å². The van der Waals surface area contributed by atoms with Gasteiger partial charge in [-0.1, -0.05) is 31.0 Å². The van der Waals surface area contributed by atoms with Gasteiger partial charge in [0.05, 0.1) is 12.7 Å². The molecule has 0 fully saturated rings. The van der Waals surface area contributed by atoms with Gasteiger partial charge in [0.15, 0.2) is 6.10 Å². The summed E-state index contributed by atoms with van der Waals surface area (Å²) >= 11 is 1.49. The maximum Gasteiger partial charge on any atom is 0.341 e. The van der Waals surface area contributed by atoms with Gasteiger partial charge in [-0.3, -0.25) is 4.79 Å². The summed E-state index contributed by atoms with van der Waals surface area (Å²) in [6, 6.07) is 5.86. The maximum atomic E-state index is 12.8. The molecule has 2 aromatic rings. The summed E-state index contributed by atoms with van der Waals surface area (Å²) in [5.74, 6) is 0.640. The predicted octanol–water partition coefficient (Wildman–Crippen LogP) is 5.07. The zero-order chi connectivity index (χ0) is 21.1. The first-order valence-corrected chi connectivity index (χ1v) is 10.9. The molecule has 0 unspecified atom stereocenters. The van der Waals surface area contributed by atoms with Gasteiger partial charge >= 0.3 is 5.97 Å². The second kappa shape index (κ2) is 8.99. The third-order valence-corrected chi connectivity index (χ3v) is 6.74. The van der Waals surface area contributed by atoms with E-state index in [2.05, 4.69) is 12.2 Å². The first-order valence-electron chi connectivity index (χ1n) is 10.1. The van der Waals surface area contributed by atoms with E-state index < -0.39 is 12.1 Å². The van der Waals surface area contributed by atoms with E-state index in [-0.39, 0.29) is 5.91 Å². The molecule has 1 aliphatic carbocycles. The summed E-state index contributed by atoms with van der Waals surface area (Å²) in [5, 5.41) is 3.49. The lowest BCUT2D eigenvalue weighted by Gasteiger charge is -2.20. The Morgan fingerprint density at radius 2 is 2.07 bits per heavy atom. The van der Waals surface area contributed by atoms with Crippen molar-refractivity contribution in [3.63, 3.8) is 0 Å². The fraction of sp³-hybridized carbons (Fsp3) is 0.478. The molecule has 3 rings (SSSR count). The minimum absolute atomic E-state index is 0.277. The average molecular weight is 416 g/mol. The minimum Gasteiger partial charge on any atom is -0.481 e. The van der Waals surface area contributed by atoms with Crippen molar-refractivity contribution in [3.05, 3.63) is 45.3 Å². The number of carbonyl (C=O) groups is 2. The van der Waals surface area contributed by atoms with Crippen LogP contribution >= 0.6 is 11.3 Å². The van der Waals surface area contributed by atoms with Crippen molar-refractivity contribution in [2.24, 2.45) is 5.92 Å². The highest BCUT2D eigenvalue weighted by Gasteiger charge is 2.30. The highest BCUT2D eigenvalue weighted by molar-refractivity contribution is 7.17. The number of esters is 1. The lowest BCUT2D eigenvalue weighted by Crippen LogP contribution is -2.30. The van der Waals surface area contributed by atoms with Crippen molar-refractivity contribution < 1.29 is 19.1 Å². The van der Waals surface area contributed by atoms with Crippen LogP contribution in [0.3, 0.4) is 0 Å². The Labute approximate surface area is 176 Å². The number of ether oxygens (including phenoxy) is 2. The molecule has 29 heavy (non-hydrogen) atoms. The molecule has 1 heterocycles. The van der Waals surface area contributed by atoms with Gasteiger partial charge in [-0.25, -0.2) is 4.79 Å². The molecule has 1 amide bonds. The minimum atomic E-state index is -0.690. The lowest BCUT2D eigenvalue weighted by atomic mass is 9.85. The number of methoxy groups -OCH3 is 1. The summed E-state index contributed by atoms with van der Waals surface area (Å²) in [4.78, 5) is 26.4. The van der Waals surface area contributed by atoms with E-state index in [4.69, 9.17) is 9.47 Å². The Bertz CT molecular complexity index is 918. The molecule has 0 aliphatic heterocycles. The molecule has 0 saturated heterocycles. The normalized spacial score (nSPS) is 16.7. The molecule has 1 aromatic carbocycles. The van der Waals surface area contributed by atoms with Crippen LogP contribution in [0.1, 0.15) is 58.6 Å². The van der Waals surface area contributed by atoms with Crippen molar-refractivity contribution in [3.8, 4) is 5.75 Å². The maximum absolute atomic E-state index is 12.8. The van der Waals surface area contributed by atoms with Crippen LogP contribution in [0.5, 0.6) is 5.75 Å². The standard InChI is InChI=1S/C23H29NO4S/c1-6-16-8-9-17-19(12-16)29-22(20(17)23(26)27-5)24-21(25)15(4)28-18-10-7-13(2)11-14(18)3/h7,10-11,15-16H,6,8-9,12H2,1-5H3,(H,24,25)/t15-,16+/m0/s1. The summed E-state index contributed by atoms with van der Waals surface area (Å²) < 4.78 is 10.9. The number of rotatable bonds is 6. The molecule has 6 heteroatoms. The zero-order valence-electron chi connectivity index (χ0n) is 17.8. The van der Waals surface area contributed by atoms with Crippen LogP contribution < -0.4 is 10.1 Å². The molecule has 0 spiro atoms. The monoisotopic (exact) mass is 415 g/mol. The molecule has 2 atom stereocenters. The average Bonchev–Trinajstić information content (AvgIpc) is 3.06. The third-order valence-electron chi connectivity index (χ3n) is 5.57. The number of carbonyl (C=O) groups excluding carboxylic acids is 2. The Balaban J connectivity index is 1.80. The Hall–Kier alpha value is -2.34. The summed E-state index contributed by atoms with van der Waals surface area (Å²) in [5.41, 5.74) is 3.67. The molecule has 0 saturated carbocycles. The summed E-state index contributed by atoms with van der Waals surface area (Å²) in [6.07, 6.45) is 3.28. The molecule has 0 bridgehead atoms. The quantitative estimate of drug-likeness (QED) is 0.669. The topological polar surface area (TPSA) is 64.6 Å². The van der Waals surface area contributed by atoms with E-state index in [1.807, 2.05) is 32.0 Å². The number of fused-ring (bicyclic) bond motifs is 1. The van der Waals surface area contributed by atoms with Crippen molar-refractivity contribution in [1.29, 1.82) is 0 Å². The second-order valence-corrected chi connectivity index (χ2v) is 8.84. The van der Waals surface area contributed by atoms with Crippen LogP contribution in [0.4, 0.5) is 5.00 Å². The summed E-state index contributed by atoms with van der Waals surface area (Å²) in [6.45, 7) is 7.88. The molecule has 156 valence electrons. The van der Waals surface area contributed by atoms with Gasteiger partial charge in [0.1, 0.15) is 10.8 Å². The Morgan fingerprint density at radius 1 is 1.31 bits per heavy atom. The third kappa shape index (κ3) is 4.64. The Morgan fingerprint density at radius 3 is 2.72 bits per heavy atom. The second-order valence-electron chi connectivity index (χ2n) is 7.73. The van der Waals surface area contributed by atoms with E-state index >= 15 is 0 Å². The number of benzene rings is 1. The van der Waals surface area contributed by atoms with Gasteiger partial charge < -0.3 is 14.8 Å². The first kappa shape index (κ1) is 21.4. The number of anilines is 1. The van der Waals surface area contributed by atoms with Gasteiger partial charge in [-0.2, -0.15) is 0 Å². The lowest BCUT2D eigenvalue weighted by molar-refractivity contribution is -0.122. The zero-order valence-corrected chi connectivity index (χ0v) is 18.6. The van der Waals surface area contributed by atoms with Gasteiger partial charge in [0.25, 0.3) is 5.91 Å². The highest BCUT2D eigenvalue weighted by atomic mass is 32.1. The number of amides is 1. The molecule has 5 nitrogen and oxygen atoms in total. The van der Waals surface area contributed by atoms with Gasteiger partial charge in [-0.05, 0) is 63.1 Å². The van der Waals surface area contributed by atoms with Crippen molar-refractivity contribution >= 4 is 28.2 Å². The molecular formula is C23H29NO4S. The van der Waals surface area contributed by atoms with E-state index in [0.717, 1.165) is 42.4 Å². The van der Waals surface area contributed by atoms with E-state index in [0.29, 0.717) is 22.2 Å². The highest BCUT2D eigenvalue weighted by Crippen LogP contribution is 2.40. The van der Waals surface area contributed by atoms with Gasteiger partial charge in [-0.15, -0.1) is 11.3 Å². The van der Waals surface area contributed by atoms with Crippen molar-refractivity contribution in [2.45, 2.75) is 59.5 Å². The van der Waals surface area contributed by atoms with Crippen LogP contribution in [0.2, 0.25) is 0 Å². The molecule has 1 aliphatic rings. The van der Waals surface area contributed by atoms with Crippen molar-refractivity contribution in [2.75, 3.05) is 12.4 Å². The van der Waals surface area contributed by atoms with Gasteiger partial charge in [0, 0.05) is 4.88 Å². The number of nitrogens with one attached hydrogen (secondary N) is 1. The fourth-order valence-electron chi connectivity index (χ4n) is 3.80. The van der Waals surface area contributed by atoms with E-state index in [1.165, 1.54) is 23.3 Å². The van der Waals surface area contributed by atoms with Crippen molar-refractivity contribution in [1.82, 2.24) is 0 Å². The molecule has 1 aromatic heterocycles. The van der Waals surface area contributed by atoms with Crippen LogP contribution in [0.15, 0.2) is 18.2 Å². The first-order chi connectivity index (χ1) is 13.8. The molecule has 1 N–H and O–H groups in total. The molecular weight excluding hydrogens is 386 g/mol. The Kier molecular flexibility index (Phi) is 6.63. The molecule has 0 radical (unpaired) electrons. The van der Waals surface area contributed by atoms with Crippen LogP contribution in [-0.2, 0) is 22.4 Å². The number of hydrogen-bond acceptors (Lipinski definition) is 5. The predicted molar refractivity (Wildman–Crippen MR) is 116 cm³/mol. The van der Waals surface area contributed by atoms with E-state index in [9.17, 15) is 9.59 Å². The van der Waals surface area contributed by atoms with E-state index in [1.54, 1.807) is 6.92 Å². The number of hydrogen-bond donors (Lipinski definition) is 1. The number of aryl methyl sites for hydroxylation is 2. The van der Waals surface area contributed by atoms with Crippen LogP contribution in [0, 0.1) is 19.8 Å². The smallest absolute Gasteiger partial charge is 0.341 e. The van der Waals surface area contributed by atoms with Crippen LogP contribution in [0.25, 0.3) is 0 Å². The van der Waals surface area contributed by atoms with Crippen LogP contribution in [-0.4, -0.2) is 25.1 Å².